The van der Waals surface area contributed by atoms with E-state index >= 15 is 0 Å². The van der Waals surface area contributed by atoms with Crippen molar-refractivity contribution in [3.63, 3.8) is 0 Å². The van der Waals surface area contributed by atoms with Crippen molar-refractivity contribution in [1.82, 2.24) is 15.5 Å². The monoisotopic (exact) mass is 385 g/mol. The molecule has 0 aliphatic heterocycles. The molecule has 1 atom stereocenters. The molecule has 1 heterocycles. The summed E-state index contributed by atoms with van der Waals surface area (Å²) < 4.78 is 29.5. The number of hydrogen-bond acceptors (Lipinski definition) is 6. The van der Waals surface area contributed by atoms with E-state index in [4.69, 9.17) is 14.0 Å². The van der Waals surface area contributed by atoms with Gasteiger partial charge in [-0.3, -0.25) is 4.79 Å². The summed E-state index contributed by atoms with van der Waals surface area (Å²) in [5, 5.41) is 6.58. The third-order valence-electron chi connectivity index (χ3n) is 3.98. The third kappa shape index (κ3) is 4.64. The van der Waals surface area contributed by atoms with Crippen LogP contribution < -0.4 is 14.8 Å². The molecule has 3 aromatic rings. The first-order chi connectivity index (χ1) is 13.6. The summed E-state index contributed by atoms with van der Waals surface area (Å²) >= 11 is 0. The zero-order valence-corrected chi connectivity index (χ0v) is 15.5. The summed E-state index contributed by atoms with van der Waals surface area (Å²) in [7, 11) is 1.57. The highest BCUT2D eigenvalue weighted by atomic mass is 19.1. The van der Waals surface area contributed by atoms with Gasteiger partial charge in [-0.15, -0.1) is 0 Å². The van der Waals surface area contributed by atoms with Crippen LogP contribution in [0.2, 0.25) is 0 Å². The highest BCUT2D eigenvalue weighted by Crippen LogP contribution is 2.21. The summed E-state index contributed by atoms with van der Waals surface area (Å²) in [6, 6.07) is 13.2. The fraction of sp³-hybridized carbons (Fsp3) is 0.250. The molecule has 0 aliphatic carbocycles. The van der Waals surface area contributed by atoms with Gasteiger partial charge in [0.25, 0.3) is 5.91 Å². The average molecular weight is 385 g/mol. The molecule has 28 heavy (non-hydrogen) atoms. The Labute approximate surface area is 161 Å². The number of amides is 1. The first-order valence-electron chi connectivity index (χ1n) is 8.76. The molecule has 1 N–H and O–H groups in total. The van der Waals surface area contributed by atoms with E-state index in [-0.39, 0.29) is 18.2 Å². The van der Waals surface area contributed by atoms with Gasteiger partial charge in [-0.2, -0.15) is 4.98 Å². The van der Waals surface area contributed by atoms with Gasteiger partial charge in [-0.05, 0) is 30.7 Å². The Morgan fingerprint density at radius 3 is 2.82 bits per heavy atom. The number of benzene rings is 2. The molecule has 0 radical (unpaired) electrons. The molecule has 7 nitrogen and oxygen atoms in total. The summed E-state index contributed by atoms with van der Waals surface area (Å²) in [5.41, 5.74) is 0.731. The first kappa shape index (κ1) is 19.3. The van der Waals surface area contributed by atoms with Gasteiger partial charge < -0.3 is 19.3 Å². The van der Waals surface area contributed by atoms with E-state index < -0.39 is 17.8 Å². The predicted molar refractivity (Wildman–Crippen MR) is 99.2 cm³/mol. The number of rotatable bonds is 8. The number of carbonyl (C=O) groups is 1. The molecule has 0 fully saturated rings. The molecule has 2 aromatic carbocycles. The highest BCUT2D eigenvalue weighted by Gasteiger charge is 2.20. The topological polar surface area (TPSA) is 86.5 Å². The summed E-state index contributed by atoms with van der Waals surface area (Å²) in [6.07, 6.45) is -0.461. The number of para-hydroxylation sites is 1. The van der Waals surface area contributed by atoms with E-state index in [1.54, 1.807) is 32.2 Å². The van der Waals surface area contributed by atoms with Crippen LogP contribution in [0.5, 0.6) is 11.5 Å². The lowest BCUT2D eigenvalue weighted by Crippen LogP contribution is -2.37. The van der Waals surface area contributed by atoms with Crippen LogP contribution in [-0.4, -0.2) is 29.3 Å². The zero-order chi connectivity index (χ0) is 19.9. The number of nitrogens with zero attached hydrogens (tertiary/aromatic N) is 2. The summed E-state index contributed by atoms with van der Waals surface area (Å²) in [4.78, 5) is 16.6. The second kappa shape index (κ2) is 8.98. The van der Waals surface area contributed by atoms with Crippen LogP contribution in [0.3, 0.4) is 0 Å². The third-order valence-corrected chi connectivity index (χ3v) is 3.98. The number of halogens is 1. The molecule has 146 valence electrons. The van der Waals surface area contributed by atoms with Crippen LogP contribution in [0.15, 0.2) is 53.1 Å². The number of aromatic nitrogens is 2. The molecule has 0 spiro atoms. The van der Waals surface area contributed by atoms with E-state index in [2.05, 4.69) is 15.5 Å². The minimum absolute atomic E-state index is 0.0302. The molecule has 0 bridgehead atoms. The van der Waals surface area contributed by atoms with E-state index in [9.17, 15) is 9.18 Å². The van der Waals surface area contributed by atoms with E-state index in [1.807, 2.05) is 18.2 Å². The molecule has 0 aliphatic rings. The van der Waals surface area contributed by atoms with Crippen molar-refractivity contribution in [2.75, 3.05) is 7.11 Å². The van der Waals surface area contributed by atoms with Gasteiger partial charge in [0.05, 0.1) is 13.7 Å². The van der Waals surface area contributed by atoms with Gasteiger partial charge in [0.15, 0.2) is 17.7 Å². The lowest BCUT2D eigenvalue weighted by molar-refractivity contribution is -0.128. The number of carbonyl (C=O) groups excluding carboxylic acids is 1. The van der Waals surface area contributed by atoms with Crippen molar-refractivity contribution in [3.05, 3.63) is 60.2 Å². The van der Waals surface area contributed by atoms with Gasteiger partial charge in [0.2, 0.25) is 11.7 Å². The van der Waals surface area contributed by atoms with Gasteiger partial charge >= 0.3 is 0 Å². The van der Waals surface area contributed by atoms with Crippen LogP contribution in [0.1, 0.15) is 19.2 Å². The Kier molecular flexibility index (Phi) is 6.21. The molecular formula is C20H20FN3O4. The quantitative estimate of drug-likeness (QED) is 0.640. The second-order valence-corrected chi connectivity index (χ2v) is 5.91. The highest BCUT2D eigenvalue weighted by molar-refractivity contribution is 5.81. The van der Waals surface area contributed by atoms with Crippen molar-refractivity contribution < 1.29 is 23.2 Å². The lowest BCUT2D eigenvalue weighted by atomic mass is 10.2. The van der Waals surface area contributed by atoms with Crippen molar-refractivity contribution in [2.45, 2.75) is 26.0 Å². The van der Waals surface area contributed by atoms with E-state index in [1.165, 1.54) is 12.1 Å². The SMILES string of the molecule is CCC(Oc1ccccc1F)C(=O)NCc1nc(-c2cccc(OC)c2)no1. The Bertz CT molecular complexity index is 944. The molecule has 3 rings (SSSR count). The summed E-state index contributed by atoms with van der Waals surface area (Å²) in [5.74, 6) is 0.418. The Morgan fingerprint density at radius 1 is 1.25 bits per heavy atom. The number of methoxy groups -OCH3 is 1. The van der Waals surface area contributed by atoms with E-state index in [0.717, 1.165) is 5.56 Å². The fourth-order valence-corrected chi connectivity index (χ4v) is 2.50. The predicted octanol–water partition coefficient (Wildman–Crippen LogP) is 3.36. The number of nitrogens with one attached hydrogen (secondary N) is 1. The molecular weight excluding hydrogens is 365 g/mol. The normalized spacial score (nSPS) is 11.7. The van der Waals surface area contributed by atoms with Crippen molar-refractivity contribution in [3.8, 4) is 22.9 Å². The summed E-state index contributed by atoms with van der Waals surface area (Å²) in [6.45, 7) is 1.81. The van der Waals surface area contributed by atoms with Gasteiger partial charge in [-0.1, -0.05) is 36.3 Å². The standard InChI is InChI=1S/C20H20FN3O4/c1-3-16(27-17-10-5-4-9-15(17)21)20(25)22-12-18-23-19(24-28-18)13-7-6-8-14(11-13)26-2/h4-11,16H,3,12H2,1-2H3,(H,22,25). The molecule has 0 saturated heterocycles. The van der Waals surface area contributed by atoms with Gasteiger partial charge in [0.1, 0.15) is 5.75 Å². The molecule has 0 saturated carbocycles. The van der Waals surface area contributed by atoms with Gasteiger partial charge in [-0.25, -0.2) is 4.39 Å². The molecule has 1 aromatic heterocycles. The Balaban J connectivity index is 1.61. The van der Waals surface area contributed by atoms with Gasteiger partial charge in [0, 0.05) is 5.56 Å². The number of hydrogen-bond donors (Lipinski definition) is 1. The van der Waals surface area contributed by atoms with Crippen LogP contribution in [0.25, 0.3) is 11.4 Å². The van der Waals surface area contributed by atoms with E-state index in [0.29, 0.717) is 18.0 Å². The maximum absolute atomic E-state index is 13.7. The zero-order valence-electron chi connectivity index (χ0n) is 15.5. The average Bonchev–Trinajstić information content (AvgIpc) is 3.20. The second-order valence-electron chi connectivity index (χ2n) is 5.91. The minimum atomic E-state index is -0.835. The molecule has 1 unspecified atom stereocenters. The lowest BCUT2D eigenvalue weighted by Gasteiger charge is -2.17. The Morgan fingerprint density at radius 2 is 2.07 bits per heavy atom. The van der Waals surface area contributed by atoms with Crippen LogP contribution in [0.4, 0.5) is 4.39 Å². The van der Waals surface area contributed by atoms with Crippen molar-refractivity contribution >= 4 is 5.91 Å². The van der Waals surface area contributed by atoms with Crippen LogP contribution in [-0.2, 0) is 11.3 Å². The first-order valence-corrected chi connectivity index (χ1v) is 8.76. The van der Waals surface area contributed by atoms with Crippen molar-refractivity contribution in [2.24, 2.45) is 0 Å². The maximum atomic E-state index is 13.7. The maximum Gasteiger partial charge on any atom is 0.261 e. The largest absolute Gasteiger partial charge is 0.497 e. The van der Waals surface area contributed by atoms with Crippen molar-refractivity contribution in [1.29, 1.82) is 0 Å². The number of ether oxygens (including phenoxy) is 2. The smallest absolute Gasteiger partial charge is 0.261 e. The minimum Gasteiger partial charge on any atom is -0.497 e. The molecule has 8 heteroatoms. The Hall–Kier alpha value is -3.42. The van der Waals surface area contributed by atoms with Crippen LogP contribution >= 0.6 is 0 Å². The fourth-order valence-electron chi connectivity index (χ4n) is 2.50. The molecule has 1 amide bonds. The van der Waals surface area contributed by atoms with Crippen LogP contribution in [0, 0.1) is 5.82 Å².